The average molecular weight is 291 g/mol. The first kappa shape index (κ1) is 13.5. The van der Waals surface area contributed by atoms with Crippen molar-refractivity contribution in [2.45, 2.75) is 32.7 Å². The number of halogens is 1. The summed E-state index contributed by atoms with van der Waals surface area (Å²) in [5, 5.41) is 3.28. The van der Waals surface area contributed by atoms with Gasteiger partial charge in [-0.1, -0.05) is 29.8 Å². The van der Waals surface area contributed by atoms with Gasteiger partial charge in [0.15, 0.2) is 0 Å². The van der Waals surface area contributed by atoms with Crippen LogP contribution in [0.4, 0.5) is 0 Å². The van der Waals surface area contributed by atoms with E-state index in [-0.39, 0.29) is 23.8 Å². The zero-order valence-corrected chi connectivity index (χ0v) is 11.4. The zero-order chi connectivity index (χ0) is 12.1. The van der Waals surface area contributed by atoms with E-state index in [9.17, 15) is 9.59 Å². The monoisotopic (exact) mass is 290 g/mol. The average Bonchev–Trinajstić information content (AvgIpc) is 2.28. The summed E-state index contributed by atoms with van der Waals surface area (Å²) in [4.78, 5) is 24.8. The maximum absolute atomic E-state index is 11.7. The van der Waals surface area contributed by atoms with Crippen molar-refractivity contribution in [1.29, 1.82) is 0 Å². The van der Waals surface area contributed by atoms with Crippen molar-refractivity contribution in [3.8, 4) is 0 Å². The number of hydrogen-bond acceptors (Lipinski definition) is 2. The summed E-state index contributed by atoms with van der Waals surface area (Å²) >= 11 is 3.12. The molecule has 0 unspecified atom stereocenters. The predicted molar refractivity (Wildman–Crippen MR) is 66.4 cm³/mol. The van der Waals surface area contributed by atoms with E-state index in [2.05, 4.69) is 21.2 Å². The minimum atomic E-state index is 0.0219. The normalized spacial score (nSPS) is 17.6. The molecule has 0 bridgehead atoms. The summed E-state index contributed by atoms with van der Waals surface area (Å²) in [6.45, 7) is 5.34. The number of alkyl halides is 1. The van der Waals surface area contributed by atoms with E-state index in [1.54, 1.807) is 0 Å². The van der Waals surface area contributed by atoms with E-state index in [0.717, 1.165) is 25.9 Å². The summed E-state index contributed by atoms with van der Waals surface area (Å²) in [7, 11) is 0. The number of nitrogens with one attached hydrogen (secondary N) is 1. The van der Waals surface area contributed by atoms with Crippen LogP contribution in [0.5, 0.6) is 0 Å². The van der Waals surface area contributed by atoms with Crippen LogP contribution in [-0.4, -0.2) is 41.2 Å². The zero-order valence-electron chi connectivity index (χ0n) is 9.83. The van der Waals surface area contributed by atoms with Gasteiger partial charge in [0.25, 0.3) is 0 Å². The van der Waals surface area contributed by atoms with Gasteiger partial charge in [-0.05, 0) is 12.8 Å². The Kier molecular flexibility index (Phi) is 5.25. The maximum atomic E-state index is 11.7. The lowest BCUT2D eigenvalue weighted by Gasteiger charge is -2.33. The van der Waals surface area contributed by atoms with Crippen LogP contribution in [0, 0.1) is 5.92 Å². The van der Waals surface area contributed by atoms with Gasteiger partial charge in [0.1, 0.15) is 0 Å². The highest BCUT2D eigenvalue weighted by Crippen LogP contribution is 2.13. The predicted octanol–water partition coefficient (Wildman–Crippen LogP) is 1.14. The Bertz CT molecular complexity index is 261. The number of nitrogens with zero attached hydrogens (tertiary/aromatic N) is 1. The molecule has 1 fully saturated rings. The molecule has 5 heteroatoms. The molecule has 1 heterocycles. The Labute approximate surface area is 105 Å². The first-order valence-corrected chi connectivity index (χ1v) is 6.81. The highest BCUT2D eigenvalue weighted by atomic mass is 79.9. The second-order valence-electron chi connectivity index (χ2n) is 4.46. The number of piperidine rings is 1. The Morgan fingerprint density at radius 3 is 2.38 bits per heavy atom. The third-order valence-corrected chi connectivity index (χ3v) is 3.30. The highest BCUT2D eigenvalue weighted by molar-refractivity contribution is 9.09. The Morgan fingerprint density at radius 2 is 1.94 bits per heavy atom. The molecule has 1 rings (SSSR count). The smallest absolute Gasteiger partial charge is 0.230 e. The molecular weight excluding hydrogens is 272 g/mol. The fraction of sp³-hybridized carbons (Fsp3) is 0.818. The molecule has 0 aromatic carbocycles. The molecule has 0 saturated carbocycles. The molecule has 0 aromatic rings. The van der Waals surface area contributed by atoms with Gasteiger partial charge < -0.3 is 10.2 Å². The number of hydrogen-bond donors (Lipinski definition) is 1. The van der Waals surface area contributed by atoms with Crippen molar-refractivity contribution in [3.63, 3.8) is 0 Å². The lowest BCUT2D eigenvalue weighted by molar-refractivity contribution is -0.135. The van der Waals surface area contributed by atoms with Crippen molar-refractivity contribution < 1.29 is 9.59 Å². The molecule has 0 atom stereocenters. The summed E-state index contributed by atoms with van der Waals surface area (Å²) in [6, 6.07) is 0.223. The minimum absolute atomic E-state index is 0.0219. The SMILES string of the molecule is CC(C)C(=O)N1CCC(NC(=O)CBr)CC1. The molecule has 2 amide bonds. The van der Waals surface area contributed by atoms with Gasteiger partial charge in [-0.25, -0.2) is 0 Å². The Hall–Kier alpha value is -0.580. The topological polar surface area (TPSA) is 49.4 Å². The number of likely N-dealkylation sites (tertiary alicyclic amines) is 1. The van der Waals surface area contributed by atoms with Gasteiger partial charge in [0.2, 0.25) is 11.8 Å². The molecule has 16 heavy (non-hydrogen) atoms. The van der Waals surface area contributed by atoms with E-state index in [1.165, 1.54) is 0 Å². The lowest BCUT2D eigenvalue weighted by atomic mass is 10.0. The fourth-order valence-electron chi connectivity index (χ4n) is 1.88. The molecule has 0 aromatic heterocycles. The molecule has 1 aliphatic heterocycles. The van der Waals surface area contributed by atoms with Crippen LogP contribution >= 0.6 is 15.9 Å². The second-order valence-corrected chi connectivity index (χ2v) is 5.02. The first-order chi connectivity index (χ1) is 7.54. The van der Waals surface area contributed by atoms with Gasteiger partial charge in [0.05, 0.1) is 5.33 Å². The molecule has 92 valence electrons. The molecule has 4 nitrogen and oxygen atoms in total. The van der Waals surface area contributed by atoms with E-state index in [1.807, 2.05) is 18.7 Å². The van der Waals surface area contributed by atoms with Crippen molar-refractivity contribution >= 4 is 27.7 Å². The van der Waals surface area contributed by atoms with E-state index >= 15 is 0 Å². The van der Waals surface area contributed by atoms with Crippen LogP contribution in [0.3, 0.4) is 0 Å². The van der Waals surface area contributed by atoms with Gasteiger partial charge in [-0.15, -0.1) is 0 Å². The molecule has 0 spiro atoms. The van der Waals surface area contributed by atoms with Gasteiger partial charge in [0, 0.05) is 25.0 Å². The molecule has 1 saturated heterocycles. The van der Waals surface area contributed by atoms with E-state index < -0.39 is 0 Å². The summed E-state index contributed by atoms with van der Waals surface area (Å²) in [5.41, 5.74) is 0. The van der Waals surface area contributed by atoms with Crippen molar-refractivity contribution in [2.75, 3.05) is 18.4 Å². The van der Waals surface area contributed by atoms with E-state index in [4.69, 9.17) is 0 Å². The van der Waals surface area contributed by atoms with Crippen molar-refractivity contribution in [2.24, 2.45) is 5.92 Å². The summed E-state index contributed by atoms with van der Waals surface area (Å²) < 4.78 is 0. The standard InChI is InChI=1S/C11H19BrN2O2/c1-8(2)11(16)14-5-3-9(4-6-14)13-10(15)7-12/h8-9H,3-7H2,1-2H3,(H,13,15). The number of rotatable bonds is 3. The van der Waals surface area contributed by atoms with Gasteiger partial charge >= 0.3 is 0 Å². The van der Waals surface area contributed by atoms with Gasteiger partial charge in [-0.2, -0.15) is 0 Å². The Balaban J connectivity index is 2.34. The number of carbonyl (C=O) groups is 2. The largest absolute Gasteiger partial charge is 0.353 e. The summed E-state index contributed by atoms with van der Waals surface area (Å²) in [5.74, 6) is 0.299. The van der Waals surface area contributed by atoms with E-state index in [0.29, 0.717) is 5.33 Å². The maximum Gasteiger partial charge on any atom is 0.230 e. The fourth-order valence-corrected chi connectivity index (χ4v) is 2.04. The third-order valence-electron chi connectivity index (χ3n) is 2.79. The molecular formula is C11H19BrN2O2. The van der Waals surface area contributed by atoms with Crippen LogP contribution in [0.2, 0.25) is 0 Å². The van der Waals surface area contributed by atoms with Gasteiger partial charge in [-0.3, -0.25) is 9.59 Å². The molecule has 1 N–H and O–H groups in total. The van der Waals surface area contributed by atoms with Crippen LogP contribution in [-0.2, 0) is 9.59 Å². The molecule has 1 aliphatic rings. The Morgan fingerprint density at radius 1 is 1.38 bits per heavy atom. The highest BCUT2D eigenvalue weighted by Gasteiger charge is 2.24. The van der Waals surface area contributed by atoms with Crippen LogP contribution < -0.4 is 5.32 Å². The van der Waals surface area contributed by atoms with Crippen molar-refractivity contribution in [1.82, 2.24) is 10.2 Å². The first-order valence-electron chi connectivity index (χ1n) is 5.68. The third kappa shape index (κ3) is 3.77. The summed E-state index contributed by atoms with van der Waals surface area (Å²) in [6.07, 6.45) is 1.72. The second kappa shape index (κ2) is 6.23. The quantitative estimate of drug-likeness (QED) is 0.793. The van der Waals surface area contributed by atoms with Crippen molar-refractivity contribution in [3.05, 3.63) is 0 Å². The van der Waals surface area contributed by atoms with Crippen LogP contribution in [0.25, 0.3) is 0 Å². The van der Waals surface area contributed by atoms with Crippen LogP contribution in [0.1, 0.15) is 26.7 Å². The molecule has 0 radical (unpaired) electrons. The minimum Gasteiger partial charge on any atom is -0.353 e. The van der Waals surface area contributed by atoms with Crippen LogP contribution in [0.15, 0.2) is 0 Å². The lowest BCUT2D eigenvalue weighted by Crippen LogP contribution is -2.47. The molecule has 0 aliphatic carbocycles. The number of amides is 2. The number of carbonyl (C=O) groups excluding carboxylic acids is 2.